The predicted octanol–water partition coefficient (Wildman–Crippen LogP) is 4.79. The maximum absolute atomic E-state index is 13.0. The van der Waals surface area contributed by atoms with Gasteiger partial charge >= 0.3 is 11.9 Å². The van der Waals surface area contributed by atoms with Crippen LogP contribution in [0, 0.1) is 13.8 Å². The number of aromatic nitrogens is 2. The Balaban J connectivity index is 1.51. The standard InChI is InChI=1S/C26H29N3O5S/c1-5-33-25(31)22-19-13-9-10-14-20(19)35-24(22)27-23(30)17(4)34-26(32)21-15(2)28-29(16(21)3)18-11-7-6-8-12-18/h6-8,11-12,17H,5,9-10,13-14H2,1-4H3,(H,27,30). The number of hydrogen-bond acceptors (Lipinski definition) is 7. The molecule has 0 saturated carbocycles. The zero-order valence-electron chi connectivity index (χ0n) is 20.3. The fourth-order valence-electron chi connectivity index (χ4n) is 4.32. The number of amides is 1. The molecule has 9 heteroatoms. The molecule has 0 aliphatic heterocycles. The first kappa shape index (κ1) is 24.7. The summed E-state index contributed by atoms with van der Waals surface area (Å²) in [5, 5.41) is 7.73. The number of rotatable bonds is 7. The van der Waals surface area contributed by atoms with Gasteiger partial charge in [0, 0.05) is 4.88 Å². The lowest BCUT2D eigenvalue weighted by atomic mass is 9.95. The Morgan fingerprint density at radius 1 is 1.09 bits per heavy atom. The number of ether oxygens (including phenoxy) is 2. The van der Waals surface area contributed by atoms with Crippen LogP contribution in [-0.4, -0.2) is 40.3 Å². The Hall–Kier alpha value is -3.46. The lowest BCUT2D eigenvalue weighted by Crippen LogP contribution is -2.30. The molecule has 184 valence electrons. The van der Waals surface area contributed by atoms with E-state index in [0.717, 1.165) is 41.8 Å². The van der Waals surface area contributed by atoms with Crippen molar-refractivity contribution >= 4 is 34.2 Å². The van der Waals surface area contributed by atoms with Crippen molar-refractivity contribution in [1.29, 1.82) is 0 Å². The molecule has 3 aromatic rings. The molecule has 8 nitrogen and oxygen atoms in total. The molecule has 0 spiro atoms. The first-order valence-electron chi connectivity index (χ1n) is 11.8. The van der Waals surface area contributed by atoms with Gasteiger partial charge in [-0.15, -0.1) is 11.3 Å². The summed E-state index contributed by atoms with van der Waals surface area (Å²) >= 11 is 1.40. The number of nitrogens with zero attached hydrogens (tertiary/aromatic N) is 2. The van der Waals surface area contributed by atoms with E-state index in [0.29, 0.717) is 27.5 Å². The third-order valence-electron chi connectivity index (χ3n) is 6.04. The molecule has 0 saturated heterocycles. The summed E-state index contributed by atoms with van der Waals surface area (Å²) in [4.78, 5) is 39.7. The highest BCUT2D eigenvalue weighted by Crippen LogP contribution is 2.38. The van der Waals surface area contributed by atoms with Crippen LogP contribution in [0.1, 0.15) is 69.2 Å². The highest BCUT2D eigenvalue weighted by molar-refractivity contribution is 7.17. The van der Waals surface area contributed by atoms with Gasteiger partial charge in [-0.1, -0.05) is 18.2 Å². The Morgan fingerprint density at radius 2 is 1.80 bits per heavy atom. The quantitative estimate of drug-likeness (QED) is 0.473. The number of esters is 2. The van der Waals surface area contributed by atoms with Crippen molar-refractivity contribution in [2.45, 2.75) is 59.5 Å². The molecule has 1 N–H and O–H groups in total. The van der Waals surface area contributed by atoms with Gasteiger partial charge in [0.2, 0.25) is 0 Å². The molecule has 1 unspecified atom stereocenters. The normalized spacial score (nSPS) is 13.6. The lowest BCUT2D eigenvalue weighted by Gasteiger charge is -2.14. The van der Waals surface area contributed by atoms with Crippen molar-refractivity contribution < 1.29 is 23.9 Å². The van der Waals surface area contributed by atoms with Crippen LogP contribution < -0.4 is 5.32 Å². The smallest absolute Gasteiger partial charge is 0.342 e. The van der Waals surface area contributed by atoms with Gasteiger partial charge in [-0.25, -0.2) is 14.3 Å². The first-order valence-corrected chi connectivity index (χ1v) is 12.6. The number of carbonyl (C=O) groups excluding carboxylic acids is 3. The molecule has 4 rings (SSSR count). The zero-order chi connectivity index (χ0) is 25.1. The van der Waals surface area contributed by atoms with E-state index < -0.39 is 23.9 Å². The number of benzene rings is 1. The Kier molecular flexibility index (Phi) is 7.35. The summed E-state index contributed by atoms with van der Waals surface area (Å²) in [7, 11) is 0. The van der Waals surface area contributed by atoms with Crippen molar-refractivity contribution in [3.05, 3.63) is 63.3 Å². The van der Waals surface area contributed by atoms with E-state index >= 15 is 0 Å². The highest BCUT2D eigenvalue weighted by atomic mass is 32.1. The molecule has 2 aromatic heterocycles. The molecule has 1 aliphatic carbocycles. The van der Waals surface area contributed by atoms with Gasteiger partial charge in [0.1, 0.15) is 10.6 Å². The molecule has 0 fully saturated rings. The number of fused-ring (bicyclic) bond motifs is 1. The average molecular weight is 496 g/mol. The zero-order valence-corrected chi connectivity index (χ0v) is 21.2. The molecule has 1 aromatic carbocycles. The minimum atomic E-state index is -1.07. The number of aryl methyl sites for hydroxylation is 2. The van der Waals surface area contributed by atoms with E-state index in [1.807, 2.05) is 30.3 Å². The number of thiophene rings is 1. The number of para-hydroxylation sites is 1. The van der Waals surface area contributed by atoms with Crippen LogP contribution in [0.2, 0.25) is 0 Å². The maximum Gasteiger partial charge on any atom is 0.342 e. The molecule has 1 atom stereocenters. The summed E-state index contributed by atoms with van der Waals surface area (Å²) in [6.07, 6.45) is 2.62. The van der Waals surface area contributed by atoms with E-state index in [1.165, 1.54) is 18.3 Å². The fourth-order valence-corrected chi connectivity index (χ4v) is 5.60. The largest absolute Gasteiger partial charge is 0.462 e. The fraction of sp³-hybridized carbons (Fsp3) is 0.385. The molecular formula is C26H29N3O5S. The molecule has 1 amide bonds. The van der Waals surface area contributed by atoms with E-state index in [9.17, 15) is 14.4 Å². The third-order valence-corrected chi connectivity index (χ3v) is 7.24. The molecule has 2 heterocycles. The van der Waals surface area contributed by atoms with Gasteiger partial charge in [-0.3, -0.25) is 4.79 Å². The lowest BCUT2D eigenvalue weighted by molar-refractivity contribution is -0.123. The van der Waals surface area contributed by atoms with Crippen LogP contribution in [0.3, 0.4) is 0 Å². The molecule has 1 aliphatic rings. The summed E-state index contributed by atoms with van der Waals surface area (Å²) in [5.41, 5.74) is 3.67. The molecule has 0 bridgehead atoms. The number of hydrogen-bond donors (Lipinski definition) is 1. The van der Waals surface area contributed by atoms with Crippen LogP contribution in [0.25, 0.3) is 5.69 Å². The van der Waals surface area contributed by atoms with Crippen LogP contribution in [-0.2, 0) is 27.1 Å². The van der Waals surface area contributed by atoms with Crippen LogP contribution >= 0.6 is 11.3 Å². The van der Waals surface area contributed by atoms with E-state index in [1.54, 1.807) is 25.5 Å². The van der Waals surface area contributed by atoms with Gasteiger partial charge < -0.3 is 14.8 Å². The predicted molar refractivity (Wildman–Crippen MR) is 133 cm³/mol. The second-order valence-electron chi connectivity index (χ2n) is 8.47. The molecular weight excluding hydrogens is 466 g/mol. The number of anilines is 1. The highest BCUT2D eigenvalue weighted by Gasteiger charge is 2.30. The van der Waals surface area contributed by atoms with Gasteiger partial charge in [-0.2, -0.15) is 5.10 Å². The van der Waals surface area contributed by atoms with E-state index in [4.69, 9.17) is 9.47 Å². The Labute approximate surface area is 208 Å². The van der Waals surface area contributed by atoms with Crippen LogP contribution in [0.4, 0.5) is 5.00 Å². The topological polar surface area (TPSA) is 99.5 Å². The van der Waals surface area contributed by atoms with Crippen molar-refractivity contribution in [3.63, 3.8) is 0 Å². The van der Waals surface area contributed by atoms with Crippen LogP contribution in [0.5, 0.6) is 0 Å². The summed E-state index contributed by atoms with van der Waals surface area (Å²) in [5.74, 6) is -1.57. The Morgan fingerprint density at radius 3 is 2.51 bits per heavy atom. The number of nitrogens with one attached hydrogen (secondary N) is 1. The molecule has 0 radical (unpaired) electrons. The summed E-state index contributed by atoms with van der Waals surface area (Å²) < 4.78 is 12.4. The van der Waals surface area contributed by atoms with Crippen molar-refractivity contribution in [1.82, 2.24) is 9.78 Å². The van der Waals surface area contributed by atoms with Gasteiger partial charge in [0.05, 0.1) is 29.2 Å². The minimum Gasteiger partial charge on any atom is -0.462 e. The summed E-state index contributed by atoms with van der Waals surface area (Å²) in [6, 6.07) is 9.48. The van der Waals surface area contributed by atoms with Crippen molar-refractivity contribution in [2.24, 2.45) is 0 Å². The Bertz CT molecular complexity index is 1260. The monoisotopic (exact) mass is 495 g/mol. The average Bonchev–Trinajstić information content (AvgIpc) is 3.35. The first-order chi connectivity index (χ1) is 16.8. The molecule has 35 heavy (non-hydrogen) atoms. The van der Waals surface area contributed by atoms with Crippen molar-refractivity contribution in [3.8, 4) is 5.69 Å². The van der Waals surface area contributed by atoms with Crippen molar-refractivity contribution in [2.75, 3.05) is 11.9 Å². The van der Waals surface area contributed by atoms with Crippen LogP contribution in [0.15, 0.2) is 30.3 Å². The second-order valence-corrected chi connectivity index (χ2v) is 9.57. The minimum absolute atomic E-state index is 0.250. The second kappa shape index (κ2) is 10.4. The summed E-state index contributed by atoms with van der Waals surface area (Å²) in [6.45, 7) is 7.03. The van der Waals surface area contributed by atoms with E-state index in [-0.39, 0.29) is 6.61 Å². The maximum atomic E-state index is 13.0. The van der Waals surface area contributed by atoms with Gasteiger partial charge in [-0.05, 0) is 71.1 Å². The third kappa shape index (κ3) is 5.00. The van der Waals surface area contributed by atoms with E-state index in [2.05, 4.69) is 10.4 Å². The van der Waals surface area contributed by atoms with Gasteiger partial charge in [0.25, 0.3) is 5.91 Å². The number of carbonyl (C=O) groups is 3. The SMILES string of the molecule is CCOC(=O)c1c(NC(=O)C(C)OC(=O)c2c(C)nn(-c3ccccc3)c2C)sc2c1CCCC2. The van der Waals surface area contributed by atoms with Gasteiger partial charge in [0.15, 0.2) is 6.10 Å².